The Kier molecular flexibility index (Phi) is 4.91. The lowest BCUT2D eigenvalue weighted by Crippen LogP contribution is -2.29. The molecule has 0 spiro atoms. The van der Waals surface area contributed by atoms with E-state index in [0.717, 1.165) is 12.8 Å². The number of fused-ring (bicyclic) bond motifs is 3. The highest BCUT2D eigenvalue weighted by Gasteiger charge is 2.32. The summed E-state index contributed by atoms with van der Waals surface area (Å²) in [6, 6.07) is 9.18. The first-order valence-corrected chi connectivity index (χ1v) is 8.61. The van der Waals surface area contributed by atoms with Gasteiger partial charge in [-0.1, -0.05) is 37.1 Å². The fourth-order valence-electron chi connectivity index (χ4n) is 3.81. The van der Waals surface area contributed by atoms with Gasteiger partial charge in [0.25, 0.3) is 0 Å². The van der Waals surface area contributed by atoms with Crippen LogP contribution < -0.4 is 0 Å². The molecule has 118 valence electrons. The third-order valence-electron chi connectivity index (χ3n) is 4.82. The van der Waals surface area contributed by atoms with E-state index >= 15 is 0 Å². The number of esters is 1. The van der Waals surface area contributed by atoms with Gasteiger partial charge in [0, 0.05) is 18.1 Å². The molecule has 3 nitrogen and oxygen atoms in total. The van der Waals surface area contributed by atoms with Crippen molar-refractivity contribution in [2.24, 2.45) is 4.99 Å². The molecule has 2 unspecified atom stereocenters. The SMILES string of the molecule is CCOC(=O)CCCC1=NC2CCCCC2c2ccccc21. The van der Waals surface area contributed by atoms with Crippen LogP contribution in [0.4, 0.5) is 0 Å². The molecule has 22 heavy (non-hydrogen) atoms. The Morgan fingerprint density at radius 1 is 1.27 bits per heavy atom. The molecule has 0 saturated heterocycles. The second-order valence-corrected chi connectivity index (χ2v) is 6.28. The van der Waals surface area contributed by atoms with Crippen LogP contribution in [0.3, 0.4) is 0 Å². The smallest absolute Gasteiger partial charge is 0.305 e. The molecule has 0 amide bonds. The Bertz CT molecular complexity index is 564. The average molecular weight is 299 g/mol. The van der Waals surface area contributed by atoms with Crippen molar-refractivity contribution in [3.63, 3.8) is 0 Å². The van der Waals surface area contributed by atoms with Gasteiger partial charge >= 0.3 is 5.97 Å². The summed E-state index contributed by atoms with van der Waals surface area (Å²) in [7, 11) is 0. The molecule has 1 saturated carbocycles. The maximum Gasteiger partial charge on any atom is 0.305 e. The summed E-state index contributed by atoms with van der Waals surface area (Å²) < 4.78 is 5.01. The second kappa shape index (κ2) is 7.08. The highest BCUT2D eigenvalue weighted by atomic mass is 16.5. The van der Waals surface area contributed by atoms with Crippen molar-refractivity contribution in [3.8, 4) is 0 Å². The van der Waals surface area contributed by atoms with Gasteiger partial charge in [0.15, 0.2) is 0 Å². The second-order valence-electron chi connectivity index (χ2n) is 6.28. The molecule has 0 radical (unpaired) electrons. The zero-order valence-electron chi connectivity index (χ0n) is 13.4. The lowest BCUT2D eigenvalue weighted by Gasteiger charge is -2.35. The summed E-state index contributed by atoms with van der Waals surface area (Å²) in [5.74, 6) is 0.515. The number of benzene rings is 1. The minimum absolute atomic E-state index is 0.0947. The molecular formula is C19H25NO2. The Morgan fingerprint density at radius 2 is 2.09 bits per heavy atom. The van der Waals surface area contributed by atoms with Gasteiger partial charge in [0.05, 0.1) is 12.6 Å². The molecule has 0 aromatic heterocycles. The van der Waals surface area contributed by atoms with Crippen LogP contribution in [0.5, 0.6) is 0 Å². The van der Waals surface area contributed by atoms with Crippen molar-refractivity contribution in [1.29, 1.82) is 0 Å². The number of carbonyl (C=O) groups is 1. The minimum atomic E-state index is -0.0947. The summed E-state index contributed by atoms with van der Waals surface area (Å²) >= 11 is 0. The molecule has 0 bridgehead atoms. The van der Waals surface area contributed by atoms with E-state index in [9.17, 15) is 4.79 Å². The summed E-state index contributed by atoms with van der Waals surface area (Å²) in [4.78, 5) is 16.5. The van der Waals surface area contributed by atoms with Gasteiger partial charge in [-0.25, -0.2) is 0 Å². The van der Waals surface area contributed by atoms with Crippen LogP contribution in [-0.4, -0.2) is 24.3 Å². The summed E-state index contributed by atoms with van der Waals surface area (Å²) in [6.45, 7) is 2.31. The van der Waals surface area contributed by atoms with Crippen LogP contribution in [0.2, 0.25) is 0 Å². The Morgan fingerprint density at radius 3 is 2.95 bits per heavy atom. The predicted octanol–water partition coefficient (Wildman–Crippen LogP) is 4.25. The lowest BCUT2D eigenvalue weighted by molar-refractivity contribution is -0.143. The fraction of sp³-hybridized carbons (Fsp3) is 0.579. The molecule has 2 atom stereocenters. The normalized spacial score (nSPS) is 23.2. The summed E-state index contributed by atoms with van der Waals surface area (Å²) in [6.07, 6.45) is 7.28. The number of hydrogen-bond acceptors (Lipinski definition) is 3. The zero-order chi connectivity index (χ0) is 15.4. The van der Waals surface area contributed by atoms with E-state index in [1.807, 2.05) is 6.92 Å². The van der Waals surface area contributed by atoms with Gasteiger partial charge in [0.1, 0.15) is 0 Å². The molecule has 1 fully saturated rings. The van der Waals surface area contributed by atoms with Crippen LogP contribution in [0.15, 0.2) is 29.3 Å². The third-order valence-corrected chi connectivity index (χ3v) is 4.82. The van der Waals surface area contributed by atoms with Crippen LogP contribution in [0.1, 0.15) is 68.9 Å². The van der Waals surface area contributed by atoms with Crippen LogP contribution in [0.25, 0.3) is 0 Å². The lowest BCUT2D eigenvalue weighted by atomic mass is 9.75. The molecule has 3 rings (SSSR count). The van der Waals surface area contributed by atoms with Crippen molar-refractivity contribution in [2.45, 2.75) is 63.8 Å². The van der Waals surface area contributed by atoms with Gasteiger partial charge < -0.3 is 4.74 Å². The number of nitrogens with zero attached hydrogens (tertiary/aromatic N) is 1. The van der Waals surface area contributed by atoms with Crippen LogP contribution >= 0.6 is 0 Å². The average Bonchev–Trinajstić information content (AvgIpc) is 2.55. The molecule has 1 aromatic carbocycles. The monoisotopic (exact) mass is 299 g/mol. The molecule has 1 aliphatic carbocycles. The molecule has 1 heterocycles. The first kappa shape index (κ1) is 15.3. The highest BCUT2D eigenvalue weighted by molar-refractivity contribution is 6.03. The number of rotatable bonds is 5. The quantitative estimate of drug-likeness (QED) is 0.762. The van der Waals surface area contributed by atoms with Gasteiger partial charge in [-0.15, -0.1) is 0 Å². The predicted molar refractivity (Wildman–Crippen MR) is 88.5 cm³/mol. The maximum atomic E-state index is 11.5. The molecule has 2 aliphatic rings. The van der Waals surface area contributed by atoms with E-state index in [1.54, 1.807) is 0 Å². The van der Waals surface area contributed by atoms with E-state index in [0.29, 0.717) is 25.0 Å². The first-order valence-electron chi connectivity index (χ1n) is 8.61. The van der Waals surface area contributed by atoms with E-state index in [4.69, 9.17) is 9.73 Å². The highest BCUT2D eigenvalue weighted by Crippen LogP contribution is 2.40. The standard InChI is InChI=1S/C19H25NO2/c1-2-22-19(21)13-7-12-18-16-9-4-3-8-14(16)15-10-5-6-11-17(15)20-18/h3-4,8-9,15,17H,2,5-7,10-13H2,1H3. The van der Waals surface area contributed by atoms with Crippen molar-refractivity contribution >= 4 is 11.7 Å². The van der Waals surface area contributed by atoms with E-state index < -0.39 is 0 Å². The van der Waals surface area contributed by atoms with Gasteiger partial charge in [0.2, 0.25) is 0 Å². The van der Waals surface area contributed by atoms with Crippen molar-refractivity contribution in [2.75, 3.05) is 6.61 Å². The number of ether oxygens (including phenoxy) is 1. The number of aliphatic imine (C=N–C) groups is 1. The van der Waals surface area contributed by atoms with E-state index in [2.05, 4.69) is 24.3 Å². The Balaban J connectivity index is 1.72. The zero-order valence-corrected chi connectivity index (χ0v) is 13.4. The Labute approximate surface area is 132 Å². The summed E-state index contributed by atoms with van der Waals surface area (Å²) in [5, 5.41) is 0. The molecule has 1 aliphatic heterocycles. The van der Waals surface area contributed by atoms with Crippen LogP contribution in [0, 0.1) is 0 Å². The third kappa shape index (κ3) is 3.23. The van der Waals surface area contributed by atoms with E-state index in [1.165, 1.54) is 42.5 Å². The Hall–Kier alpha value is -1.64. The van der Waals surface area contributed by atoms with E-state index in [-0.39, 0.29) is 5.97 Å². The molecular weight excluding hydrogens is 274 g/mol. The molecule has 3 heteroatoms. The van der Waals surface area contributed by atoms with Gasteiger partial charge in [-0.05, 0) is 43.7 Å². The molecule has 0 N–H and O–H groups in total. The van der Waals surface area contributed by atoms with Crippen molar-refractivity contribution < 1.29 is 9.53 Å². The van der Waals surface area contributed by atoms with Crippen molar-refractivity contribution in [1.82, 2.24) is 0 Å². The fourth-order valence-corrected chi connectivity index (χ4v) is 3.81. The summed E-state index contributed by atoms with van der Waals surface area (Å²) in [5.41, 5.74) is 3.99. The van der Waals surface area contributed by atoms with Crippen LogP contribution in [-0.2, 0) is 9.53 Å². The van der Waals surface area contributed by atoms with Gasteiger partial charge in [-0.2, -0.15) is 0 Å². The largest absolute Gasteiger partial charge is 0.466 e. The molecule has 1 aromatic rings. The number of carbonyl (C=O) groups excluding carboxylic acids is 1. The topological polar surface area (TPSA) is 38.7 Å². The van der Waals surface area contributed by atoms with Gasteiger partial charge in [-0.3, -0.25) is 9.79 Å². The number of hydrogen-bond donors (Lipinski definition) is 0. The first-order chi connectivity index (χ1) is 10.8. The minimum Gasteiger partial charge on any atom is -0.466 e. The van der Waals surface area contributed by atoms with Crippen molar-refractivity contribution in [3.05, 3.63) is 35.4 Å². The maximum absolute atomic E-state index is 11.5.